The van der Waals surface area contributed by atoms with E-state index in [0.29, 0.717) is 11.9 Å². The van der Waals surface area contributed by atoms with Crippen molar-refractivity contribution in [3.63, 3.8) is 0 Å². The Morgan fingerprint density at radius 2 is 2.29 bits per heavy atom. The Bertz CT molecular complexity index is 346. The molecule has 74 valence electrons. The lowest BCUT2D eigenvalue weighted by Gasteiger charge is -2.04. The molecule has 1 unspecified atom stereocenters. The Kier molecular flexibility index (Phi) is 2.30. The average molecular weight is 192 g/mol. The number of aromatic nitrogens is 2. The van der Waals surface area contributed by atoms with Crippen molar-refractivity contribution in [2.45, 2.75) is 13.0 Å². The van der Waals surface area contributed by atoms with Gasteiger partial charge in [0.15, 0.2) is 0 Å². The monoisotopic (exact) mass is 192 g/mol. The molecule has 5 nitrogen and oxygen atoms in total. The van der Waals surface area contributed by atoms with E-state index in [1.54, 1.807) is 19.5 Å². The Morgan fingerprint density at radius 3 is 2.79 bits per heavy atom. The van der Waals surface area contributed by atoms with Crippen LogP contribution in [0.5, 0.6) is 5.88 Å². The molecule has 0 aliphatic carbocycles. The van der Waals surface area contributed by atoms with E-state index in [2.05, 4.69) is 27.2 Å². The molecular weight excluding hydrogens is 180 g/mol. The molecule has 0 saturated carbocycles. The molecule has 0 radical (unpaired) electrons. The lowest BCUT2D eigenvalue weighted by Crippen LogP contribution is -2.28. The fourth-order valence-electron chi connectivity index (χ4n) is 1.25. The first-order valence-corrected chi connectivity index (χ1v) is 4.47. The van der Waals surface area contributed by atoms with Gasteiger partial charge in [-0.05, 0) is 6.92 Å². The number of nitrogens with one attached hydrogen (secondary N) is 1. The summed E-state index contributed by atoms with van der Waals surface area (Å²) in [7, 11) is 1.57. The molecule has 0 fully saturated rings. The Hall–Kier alpha value is -1.65. The number of ether oxygens (including phenoxy) is 1. The molecule has 1 aliphatic heterocycles. The van der Waals surface area contributed by atoms with Gasteiger partial charge in [-0.15, -0.1) is 0 Å². The fraction of sp³-hybridized carbons (Fsp3) is 0.444. The molecule has 0 aromatic carbocycles. The van der Waals surface area contributed by atoms with Crippen molar-refractivity contribution >= 4 is 5.84 Å². The summed E-state index contributed by atoms with van der Waals surface area (Å²) in [5, 5.41) is 3.21. The molecule has 0 bridgehead atoms. The number of hydrogen-bond acceptors (Lipinski definition) is 5. The number of hydrogen-bond donors (Lipinski definition) is 1. The van der Waals surface area contributed by atoms with Crippen LogP contribution in [0.1, 0.15) is 12.6 Å². The van der Waals surface area contributed by atoms with Crippen LogP contribution in [0.4, 0.5) is 0 Å². The molecule has 1 aliphatic rings. The highest BCUT2D eigenvalue weighted by molar-refractivity contribution is 5.98. The van der Waals surface area contributed by atoms with Gasteiger partial charge in [-0.3, -0.25) is 4.99 Å². The second-order valence-corrected chi connectivity index (χ2v) is 3.18. The van der Waals surface area contributed by atoms with E-state index in [-0.39, 0.29) is 0 Å². The molecule has 1 aromatic rings. The normalized spacial score (nSPS) is 20.1. The number of aliphatic imine (C=N–C) groups is 1. The van der Waals surface area contributed by atoms with Crippen molar-refractivity contribution in [3.8, 4) is 5.88 Å². The smallest absolute Gasteiger partial charge is 0.232 e. The van der Waals surface area contributed by atoms with Gasteiger partial charge in [0.05, 0.1) is 26.0 Å². The predicted octanol–water partition coefficient (Wildman–Crippen LogP) is 0.223. The van der Waals surface area contributed by atoms with Crippen LogP contribution in [-0.4, -0.2) is 35.5 Å². The molecular formula is C9H12N4O. The van der Waals surface area contributed by atoms with Crippen LogP contribution in [-0.2, 0) is 0 Å². The van der Waals surface area contributed by atoms with Crippen molar-refractivity contribution in [1.29, 1.82) is 0 Å². The summed E-state index contributed by atoms with van der Waals surface area (Å²) in [6.07, 6.45) is 3.24. The van der Waals surface area contributed by atoms with Crippen molar-refractivity contribution in [3.05, 3.63) is 18.1 Å². The molecule has 1 aromatic heterocycles. The van der Waals surface area contributed by atoms with Crippen LogP contribution in [0.2, 0.25) is 0 Å². The summed E-state index contributed by atoms with van der Waals surface area (Å²) < 4.78 is 4.92. The van der Waals surface area contributed by atoms with E-state index >= 15 is 0 Å². The number of nitrogens with zero attached hydrogens (tertiary/aromatic N) is 3. The van der Waals surface area contributed by atoms with Gasteiger partial charge >= 0.3 is 0 Å². The summed E-state index contributed by atoms with van der Waals surface area (Å²) in [6.45, 7) is 2.87. The maximum absolute atomic E-state index is 4.92. The van der Waals surface area contributed by atoms with Crippen molar-refractivity contribution < 1.29 is 4.74 Å². The first-order chi connectivity index (χ1) is 6.79. The van der Waals surface area contributed by atoms with E-state index in [0.717, 1.165) is 18.1 Å². The molecule has 14 heavy (non-hydrogen) atoms. The van der Waals surface area contributed by atoms with E-state index in [1.807, 2.05) is 0 Å². The highest BCUT2D eigenvalue weighted by Crippen LogP contribution is 2.06. The average Bonchev–Trinajstić information content (AvgIpc) is 2.65. The van der Waals surface area contributed by atoms with Crippen molar-refractivity contribution in [2.24, 2.45) is 4.99 Å². The van der Waals surface area contributed by atoms with Gasteiger partial charge < -0.3 is 10.1 Å². The SMILES string of the molecule is COc1cnc(C2=NCC(C)N2)cn1. The van der Waals surface area contributed by atoms with Crippen LogP contribution >= 0.6 is 0 Å². The number of amidine groups is 1. The highest BCUT2D eigenvalue weighted by Gasteiger charge is 2.15. The molecule has 0 spiro atoms. The third-order valence-electron chi connectivity index (χ3n) is 1.99. The van der Waals surface area contributed by atoms with Crippen LogP contribution in [0.25, 0.3) is 0 Å². The third kappa shape index (κ3) is 1.66. The Morgan fingerprint density at radius 1 is 1.43 bits per heavy atom. The third-order valence-corrected chi connectivity index (χ3v) is 1.99. The number of rotatable bonds is 2. The van der Waals surface area contributed by atoms with Crippen molar-refractivity contribution in [2.75, 3.05) is 13.7 Å². The Labute approximate surface area is 82.2 Å². The summed E-state index contributed by atoms with van der Waals surface area (Å²) >= 11 is 0. The summed E-state index contributed by atoms with van der Waals surface area (Å²) in [6, 6.07) is 0.383. The maximum atomic E-state index is 4.92. The molecule has 2 rings (SSSR count). The van der Waals surface area contributed by atoms with E-state index in [9.17, 15) is 0 Å². The quantitative estimate of drug-likeness (QED) is 0.728. The van der Waals surface area contributed by atoms with Gasteiger partial charge in [0.2, 0.25) is 5.88 Å². The first kappa shape index (κ1) is 8.93. The fourth-order valence-corrected chi connectivity index (χ4v) is 1.25. The lowest BCUT2D eigenvalue weighted by atomic mass is 10.3. The minimum absolute atomic E-state index is 0.383. The zero-order chi connectivity index (χ0) is 9.97. The standard InChI is InChI=1S/C9H12N4O/c1-6-3-12-9(13-6)7-4-11-8(14-2)5-10-7/h4-6H,3H2,1-2H3,(H,12,13). The Balaban J connectivity index is 2.17. The van der Waals surface area contributed by atoms with Crippen LogP contribution in [0.3, 0.4) is 0 Å². The largest absolute Gasteiger partial charge is 0.480 e. The predicted molar refractivity (Wildman–Crippen MR) is 52.6 cm³/mol. The molecule has 5 heteroatoms. The second kappa shape index (κ2) is 3.61. The van der Waals surface area contributed by atoms with Crippen LogP contribution < -0.4 is 10.1 Å². The van der Waals surface area contributed by atoms with E-state index < -0.39 is 0 Å². The van der Waals surface area contributed by atoms with Gasteiger partial charge in [-0.2, -0.15) is 0 Å². The molecule has 1 N–H and O–H groups in total. The van der Waals surface area contributed by atoms with E-state index in [4.69, 9.17) is 4.74 Å². The minimum atomic E-state index is 0.383. The number of methoxy groups -OCH3 is 1. The van der Waals surface area contributed by atoms with Gasteiger partial charge in [0, 0.05) is 6.04 Å². The van der Waals surface area contributed by atoms with Crippen molar-refractivity contribution in [1.82, 2.24) is 15.3 Å². The lowest BCUT2D eigenvalue weighted by molar-refractivity contribution is 0.395. The van der Waals surface area contributed by atoms with Gasteiger partial charge in [-0.1, -0.05) is 0 Å². The molecule has 0 amide bonds. The molecule has 1 atom stereocenters. The first-order valence-electron chi connectivity index (χ1n) is 4.47. The van der Waals surface area contributed by atoms with Gasteiger partial charge in [0.1, 0.15) is 11.5 Å². The summed E-state index contributed by atoms with van der Waals surface area (Å²) in [5.41, 5.74) is 0.759. The van der Waals surface area contributed by atoms with Gasteiger partial charge in [-0.25, -0.2) is 9.97 Å². The van der Waals surface area contributed by atoms with Crippen LogP contribution in [0, 0.1) is 0 Å². The summed E-state index contributed by atoms with van der Waals surface area (Å²) in [5.74, 6) is 1.33. The second-order valence-electron chi connectivity index (χ2n) is 3.18. The summed E-state index contributed by atoms with van der Waals surface area (Å²) in [4.78, 5) is 12.6. The molecule has 2 heterocycles. The topological polar surface area (TPSA) is 59.4 Å². The zero-order valence-corrected chi connectivity index (χ0v) is 8.19. The van der Waals surface area contributed by atoms with E-state index in [1.165, 1.54) is 0 Å². The van der Waals surface area contributed by atoms with Crippen LogP contribution in [0.15, 0.2) is 17.4 Å². The maximum Gasteiger partial charge on any atom is 0.232 e. The molecule has 0 saturated heterocycles. The zero-order valence-electron chi connectivity index (χ0n) is 8.19. The minimum Gasteiger partial charge on any atom is -0.480 e. The highest BCUT2D eigenvalue weighted by atomic mass is 16.5. The van der Waals surface area contributed by atoms with Gasteiger partial charge in [0.25, 0.3) is 0 Å².